The van der Waals surface area contributed by atoms with Crippen molar-refractivity contribution in [3.8, 4) is 0 Å². The van der Waals surface area contributed by atoms with Crippen LogP contribution in [0.15, 0.2) is 30.3 Å². The van der Waals surface area contributed by atoms with E-state index in [0.717, 1.165) is 24.6 Å². The zero-order valence-electron chi connectivity index (χ0n) is 12.5. The maximum absolute atomic E-state index is 13.5. The highest BCUT2D eigenvalue weighted by Gasteiger charge is 2.03. The van der Waals surface area contributed by atoms with E-state index >= 15 is 0 Å². The Labute approximate surface area is 124 Å². The Morgan fingerprint density at radius 2 is 1.71 bits per heavy atom. The molecule has 0 saturated carbocycles. The fourth-order valence-electron chi connectivity index (χ4n) is 2.03. The molecule has 1 aromatic heterocycles. The predicted octanol–water partition coefficient (Wildman–Crippen LogP) is 3.40. The predicted molar refractivity (Wildman–Crippen MR) is 84.1 cm³/mol. The largest absolute Gasteiger partial charge is 0.370 e. The smallest absolute Gasteiger partial charge is 0.131 e. The Morgan fingerprint density at radius 1 is 1.05 bits per heavy atom. The third-order valence-electron chi connectivity index (χ3n) is 3.05. The van der Waals surface area contributed by atoms with E-state index in [1.54, 1.807) is 12.1 Å². The molecule has 0 saturated heterocycles. The number of hydrogen-bond donors (Lipinski definition) is 2. The van der Waals surface area contributed by atoms with Crippen molar-refractivity contribution in [1.29, 1.82) is 0 Å². The Morgan fingerprint density at radius 3 is 2.38 bits per heavy atom. The van der Waals surface area contributed by atoms with Gasteiger partial charge in [0.15, 0.2) is 0 Å². The van der Waals surface area contributed by atoms with Crippen LogP contribution in [-0.4, -0.2) is 23.1 Å². The summed E-state index contributed by atoms with van der Waals surface area (Å²) in [7, 11) is 0. The van der Waals surface area contributed by atoms with Gasteiger partial charge in [0.1, 0.15) is 23.3 Å². The molecule has 0 fully saturated rings. The summed E-state index contributed by atoms with van der Waals surface area (Å²) >= 11 is 0. The first kappa shape index (κ1) is 15.2. The van der Waals surface area contributed by atoms with Gasteiger partial charge in [-0.3, -0.25) is 0 Å². The molecule has 5 heteroatoms. The van der Waals surface area contributed by atoms with E-state index in [4.69, 9.17) is 0 Å². The van der Waals surface area contributed by atoms with E-state index in [0.29, 0.717) is 24.4 Å². The highest BCUT2D eigenvalue weighted by Crippen LogP contribution is 2.12. The summed E-state index contributed by atoms with van der Waals surface area (Å²) < 4.78 is 13.5. The second-order valence-electron chi connectivity index (χ2n) is 4.88. The lowest BCUT2D eigenvalue weighted by molar-refractivity contribution is 0.610. The summed E-state index contributed by atoms with van der Waals surface area (Å²) in [6.07, 6.45) is 1.66. The topological polar surface area (TPSA) is 49.8 Å². The molecule has 2 N–H and O–H groups in total. The number of nitrogens with one attached hydrogen (secondary N) is 2. The minimum Gasteiger partial charge on any atom is -0.370 e. The Bertz CT molecular complexity index is 586. The molecule has 0 amide bonds. The van der Waals surface area contributed by atoms with Crippen LogP contribution in [0.3, 0.4) is 0 Å². The second-order valence-corrected chi connectivity index (χ2v) is 4.88. The van der Waals surface area contributed by atoms with Crippen molar-refractivity contribution in [2.75, 3.05) is 23.7 Å². The molecule has 0 aliphatic carbocycles. The molecule has 21 heavy (non-hydrogen) atoms. The maximum atomic E-state index is 13.5. The number of aromatic nitrogens is 2. The second kappa shape index (κ2) is 7.57. The molecule has 0 bridgehead atoms. The van der Waals surface area contributed by atoms with Crippen LogP contribution in [0.25, 0.3) is 0 Å². The summed E-state index contributed by atoms with van der Waals surface area (Å²) in [5.74, 6) is 2.13. The van der Waals surface area contributed by atoms with Gasteiger partial charge in [-0.15, -0.1) is 0 Å². The van der Waals surface area contributed by atoms with Gasteiger partial charge < -0.3 is 10.6 Å². The van der Waals surface area contributed by atoms with Gasteiger partial charge in [0.25, 0.3) is 0 Å². The van der Waals surface area contributed by atoms with Crippen molar-refractivity contribution in [2.45, 2.75) is 26.7 Å². The van der Waals surface area contributed by atoms with Crippen LogP contribution in [0.5, 0.6) is 0 Å². The van der Waals surface area contributed by atoms with E-state index in [1.165, 1.54) is 6.07 Å². The SMILES string of the molecule is CCCNc1cc(NCCc2ccccc2F)nc(C)n1. The van der Waals surface area contributed by atoms with Crippen LogP contribution in [0, 0.1) is 12.7 Å². The first-order chi connectivity index (χ1) is 10.2. The fourth-order valence-corrected chi connectivity index (χ4v) is 2.03. The van der Waals surface area contributed by atoms with Crippen LogP contribution < -0.4 is 10.6 Å². The molecule has 0 unspecified atom stereocenters. The lowest BCUT2D eigenvalue weighted by Crippen LogP contribution is -2.10. The zero-order chi connectivity index (χ0) is 15.1. The van der Waals surface area contributed by atoms with Crippen LogP contribution in [-0.2, 0) is 6.42 Å². The summed E-state index contributed by atoms with van der Waals surface area (Å²) in [4.78, 5) is 8.67. The fraction of sp³-hybridized carbons (Fsp3) is 0.375. The lowest BCUT2D eigenvalue weighted by atomic mass is 10.1. The van der Waals surface area contributed by atoms with Crippen LogP contribution in [0.4, 0.5) is 16.0 Å². The third-order valence-corrected chi connectivity index (χ3v) is 3.05. The molecular weight excluding hydrogens is 267 g/mol. The molecule has 0 spiro atoms. The standard InChI is InChI=1S/C16H21FN4/c1-3-9-18-15-11-16(21-12(2)20-15)19-10-8-13-6-4-5-7-14(13)17/h4-7,11H,3,8-10H2,1-2H3,(H2,18,19,20,21). The normalized spacial score (nSPS) is 10.4. The Kier molecular flexibility index (Phi) is 5.49. The first-order valence-corrected chi connectivity index (χ1v) is 7.26. The zero-order valence-corrected chi connectivity index (χ0v) is 12.5. The van der Waals surface area contributed by atoms with Gasteiger partial charge in [0.05, 0.1) is 0 Å². The lowest BCUT2D eigenvalue weighted by Gasteiger charge is -2.10. The minimum absolute atomic E-state index is 0.163. The molecule has 2 rings (SSSR count). The van der Waals surface area contributed by atoms with Gasteiger partial charge in [-0.25, -0.2) is 14.4 Å². The van der Waals surface area contributed by atoms with Crippen LogP contribution in [0.1, 0.15) is 24.7 Å². The number of halogens is 1. The minimum atomic E-state index is -0.163. The Balaban J connectivity index is 1.93. The van der Waals surface area contributed by atoms with E-state index in [9.17, 15) is 4.39 Å². The number of nitrogens with zero attached hydrogens (tertiary/aromatic N) is 2. The van der Waals surface area contributed by atoms with E-state index in [-0.39, 0.29) is 5.82 Å². The van der Waals surface area contributed by atoms with E-state index in [1.807, 2.05) is 19.1 Å². The first-order valence-electron chi connectivity index (χ1n) is 7.26. The van der Waals surface area contributed by atoms with Crippen LogP contribution >= 0.6 is 0 Å². The Hall–Kier alpha value is -2.17. The van der Waals surface area contributed by atoms with Gasteiger partial charge in [-0.05, 0) is 31.4 Å². The number of benzene rings is 1. The van der Waals surface area contributed by atoms with Crippen molar-refractivity contribution in [1.82, 2.24) is 9.97 Å². The maximum Gasteiger partial charge on any atom is 0.131 e. The van der Waals surface area contributed by atoms with Crippen molar-refractivity contribution in [2.24, 2.45) is 0 Å². The molecule has 1 heterocycles. The molecule has 0 aliphatic heterocycles. The van der Waals surface area contributed by atoms with Crippen molar-refractivity contribution < 1.29 is 4.39 Å². The van der Waals surface area contributed by atoms with E-state index in [2.05, 4.69) is 27.5 Å². The van der Waals surface area contributed by atoms with Crippen LogP contribution in [0.2, 0.25) is 0 Å². The van der Waals surface area contributed by atoms with Gasteiger partial charge >= 0.3 is 0 Å². The monoisotopic (exact) mass is 288 g/mol. The average molecular weight is 288 g/mol. The van der Waals surface area contributed by atoms with Gasteiger partial charge in [-0.1, -0.05) is 25.1 Å². The van der Waals surface area contributed by atoms with Gasteiger partial charge in [0, 0.05) is 19.2 Å². The summed E-state index contributed by atoms with van der Waals surface area (Å²) in [6, 6.07) is 8.71. The summed E-state index contributed by atoms with van der Waals surface area (Å²) in [6.45, 7) is 5.48. The van der Waals surface area contributed by atoms with Gasteiger partial charge in [-0.2, -0.15) is 0 Å². The molecule has 2 aromatic rings. The van der Waals surface area contributed by atoms with Crippen molar-refractivity contribution in [3.63, 3.8) is 0 Å². The number of anilines is 2. The average Bonchev–Trinajstić information content (AvgIpc) is 2.47. The molecular formula is C16H21FN4. The molecule has 0 atom stereocenters. The third kappa shape index (κ3) is 4.70. The van der Waals surface area contributed by atoms with Crippen molar-refractivity contribution in [3.05, 3.63) is 47.5 Å². The number of aryl methyl sites for hydroxylation is 1. The van der Waals surface area contributed by atoms with Crippen molar-refractivity contribution >= 4 is 11.6 Å². The molecule has 112 valence electrons. The summed E-state index contributed by atoms with van der Waals surface area (Å²) in [5, 5.41) is 6.46. The highest BCUT2D eigenvalue weighted by molar-refractivity contribution is 5.47. The quantitative estimate of drug-likeness (QED) is 0.820. The number of rotatable bonds is 7. The highest BCUT2D eigenvalue weighted by atomic mass is 19.1. The van der Waals surface area contributed by atoms with E-state index < -0.39 is 0 Å². The molecule has 0 radical (unpaired) electrons. The summed E-state index contributed by atoms with van der Waals surface area (Å²) in [5.41, 5.74) is 0.708. The number of hydrogen-bond acceptors (Lipinski definition) is 4. The molecule has 4 nitrogen and oxygen atoms in total. The molecule has 1 aromatic carbocycles. The van der Waals surface area contributed by atoms with Gasteiger partial charge in [0.2, 0.25) is 0 Å². The molecule has 0 aliphatic rings.